The van der Waals surface area contributed by atoms with Crippen LogP contribution in [0.1, 0.15) is 34.7 Å². The van der Waals surface area contributed by atoms with Crippen molar-refractivity contribution in [2.24, 2.45) is 5.92 Å². The van der Waals surface area contributed by atoms with E-state index in [0.29, 0.717) is 55.7 Å². The SMILES string of the molecule is COC(=O)C(C(=O)OC)[C@@H]1c2nc(c(-c3ccccc3)c3ccc([n-]3)c(-c3ccccc3)c3nc(c(-c4ccccc4)c4ccc([n-]4)c2-c2ccccc2)C=C3)[C@H]1[N+](=O)[O-].[Ni+2]. The molecule has 8 bridgehead atoms. The molecule has 0 saturated carbocycles. The van der Waals surface area contributed by atoms with E-state index in [0.717, 1.165) is 36.5 Å². The largest absolute Gasteiger partial charge is 2.00 e. The van der Waals surface area contributed by atoms with Gasteiger partial charge in [0.1, 0.15) is 5.69 Å². The van der Waals surface area contributed by atoms with Crippen LogP contribution in [0.25, 0.3) is 78.7 Å². The van der Waals surface area contributed by atoms with E-state index >= 15 is 0 Å². The van der Waals surface area contributed by atoms with Gasteiger partial charge >= 0.3 is 28.4 Å². The number of benzene rings is 4. The van der Waals surface area contributed by atoms with Gasteiger partial charge in [0.25, 0.3) is 6.04 Å². The Morgan fingerprint density at radius 1 is 0.541 bits per heavy atom. The zero-order valence-corrected chi connectivity index (χ0v) is 33.7. The molecule has 0 spiro atoms. The topological polar surface area (TPSA) is 150 Å². The summed E-state index contributed by atoms with van der Waals surface area (Å²) in [6, 6.07) is 43.6. The molecule has 0 saturated heterocycles. The quantitative estimate of drug-likeness (QED) is 0.0476. The fraction of sp³-hybridized carbons (Fsp3) is 0.102. The Morgan fingerprint density at radius 2 is 0.885 bits per heavy atom. The molecule has 12 heteroatoms. The molecular weight excluding hydrogens is 813 g/mol. The van der Waals surface area contributed by atoms with Crippen molar-refractivity contribution in [2.45, 2.75) is 12.0 Å². The van der Waals surface area contributed by atoms with E-state index < -0.39 is 34.7 Å². The van der Waals surface area contributed by atoms with Gasteiger partial charge in [-0.3, -0.25) is 19.7 Å². The number of aromatic nitrogens is 4. The second-order valence-corrected chi connectivity index (χ2v) is 14.3. The van der Waals surface area contributed by atoms with Crippen LogP contribution in [0.4, 0.5) is 0 Å². The van der Waals surface area contributed by atoms with Gasteiger partial charge in [-0.05, 0) is 56.7 Å². The number of methoxy groups -OCH3 is 2. The van der Waals surface area contributed by atoms with E-state index in [1.54, 1.807) is 6.07 Å². The summed E-state index contributed by atoms with van der Waals surface area (Å²) in [5.74, 6) is -5.29. The number of rotatable bonds is 8. The number of nitro groups is 1. The van der Waals surface area contributed by atoms with E-state index in [2.05, 4.69) is 0 Å². The van der Waals surface area contributed by atoms with Crippen molar-refractivity contribution in [3.05, 3.63) is 178 Å². The molecule has 7 aromatic rings. The van der Waals surface area contributed by atoms with E-state index in [1.165, 1.54) is 0 Å². The average molecular weight is 849 g/mol. The minimum Gasteiger partial charge on any atom is -0.657 e. The zero-order valence-electron chi connectivity index (χ0n) is 32.7. The van der Waals surface area contributed by atoms with Crippen molar-refractivity contribution < 1.29 is 40.5 Å². The van der Waals surface area contributed by atoms with Gasteiger partial charge in [0.15, 0.2) is 5.92 Å². The Labute approximate surface area is 360 Å². The molecule has 0 unspecified atom stereocenters. The fourth-order valence-electron chi connectivity index (χ4n) is 8.28. The third-order valence-corrected chi connectivity index (χ3v) is 10.9. The Hall–Kier alpha value is -7.43. The number of hydrogen-bond acceptors (Lipinski definition) is 8. The van der Waals surface area contributed by atoms with Crippen molar-refractivity contribution in [1.29, 1.82) is 0 Å². The first-order valence-corrected chi connectivity index (χ1v) is 19.2. The minimum atomic E-state index is -1.78. The van der Waals surface area contributed by atoms with Crippen LogP contribution < -0.4 is 9.97 Å². The van der Waals surface area contributed by atoms with Gasteiger partial charge in [-0.1, -0.05) is 146 Å². The van der Waals surface area contributed by atoms with Gasteiger partial charge in [0.2, 0.25) is 0 Å². The van der Waals surface area contributed by atoms with Crippen LogP contribution in [-0.2, 0) is 35.6 Å². The number of nitrogens with zero attached hydrogens (tertiary/aromatic N) is 5. The molecule has 5 heterocycles. The summed E-state index contributed by atoms with van der Waals surface area (Å²) in [4.78, 5) is 61.8. The first-order valence-electron chi connectivity index (χ1n) is 19.2. The molecule has 0 N–H and O–H groups in total. The van der Waals surface area contributed by atoms with Crippen molar-refractivity contribution in [1.82, 2.24) is 19.9 Å². The molecule has 4 aromatic carbocycles. The van der Waals surface area contributed by atoms with E-state index in [9.17, 15) is 19.7 Å². The number of hydrogen-bond donors (Lipinski definition) is 0. The summed E-state index contributed by atoms with van der Waals surface area (Å²) in [6.45, 7) is 0. The fourth-order valence-corrected chi connectivity index (χ4v) is 8.28. The third kappa shape index (κ3) is 7.32. The van der Waals surface area contributed by atoms with E-state index in [1.807, 2.05) is 152 Å². The zero-order chi connectivity index (χ0) is 41.3. The molecule has 0 fully saturated rings. The maximum atomic E-state index is 13.8. The molecule has 3 aromatic heterocycles. The maximum absolute atomic E-state index is 13.8. The van der Waals surface area contributed by atoms with E-state index in [4.69, 9.17) is 29.4 Å². The molecule has 2 aliphatic rings. The normalized spacial score (nSPS) is 14.3. The second kappa shape index (κ2) is 17.0. The number of carbonyl (C=O) groups excluding carboxylic acids is 2. The van der Waals surface area contributed by atoms with Crippen molar-refractivity contribution in [2.75, 3.05) is 14.2 Å². The maximum Gasteiger partial charge on any atom is 2.00 e. The van der Waals surface area contributed by atoms with Crippen LogP contribution in [0.2, 0.25) is 0 Å². The van der Waals surface area contributed by atoms with Gasteiger partial charge in [0, 0.05) is 4.92 Å². The smallest absolute Gasteiger partial charge is 0.657 e. The Morgan fingerprint density at radius 3 is 1.25 bits per heavy atom. The molecule has 0 aliphatic carbocycles. The minimum absolute atomic E-state index is 0. The van der Waals surface area contributed by atoms with E-state index in [-0.39, 0.29) is 27.9 Å². The van der Waals surface area contributed by atoms with Gasteiger partial charge in [-0.25, -0.2) is 9.97 Å². The summed E-state index contributed by atoms with van der Waals surface area (Å²) in [5.41, 5.74) is 8.58. The van der Waals surface area contributed by atoms with Crippen molar-refractivity contribution in [3.63, 3.8) is 0 Å². The number of fused-ring (bicyclic) bond motifs is 8. The third-order valence-electron chi connectivity index (χ3n) is 10.9. The Bertz CT molecular complexity index is 2970. The molecule has 9 rings (SSSR count). The van der Waals surface area contributed by atoms with Gasteiger partial charge < -0.3 is 19.4 Å². The first-order chi connectivity index (χ1) is 29.4. The summed E-state index contributed by atoms with van der Waals surface area (Å²) < 4.78 is 10.4. The van der Waals surface area contributed by atoms with Crippen LogP contribution >= 0.6 is 0 Å². The summed E-state index contributed by atoms with van der Waals surface area (Å²) in [6.07, 6.45) is 3.94. The molecule has 2 atom stereocenters. The Kier molecular flexibility index (Phi) is 11.3. The van der Waals surface area contributed by atoms with Gasteiger partial charge in [-0.15, -0.1) is 22.1 Å². The van der Waals surface area contributed by atoms with Crippen molar-refractivity contribution in [3.8, 4) is 44.5 Å². The Balaban J connectivity index is 0.00000514. The molecule has 0 amide bonds. The van der Waals surface area contributed by atoms with Crippen LogP contribution in [-0.4, -0.2) is 41.0 Å². The molecule has 0 radical (unpaired) electrons. The van der Waals surface area contributed by atoms with Gasteiger partial charge in [0.05, 0.1) is 37.2 Å². The number of ether oxygens (including phenoxy) is 2. The van der Waals surface area contributed by atoms with Crippen LogP contribution in [0, 0.1) is 16.0 Å². The van der Waals surface area contributed by atoms with Crippen LogP contribution in [0.15, 0.2) is 146 Å². The van der Waals surface area contributed by atoms with Crippen molar-refractivity contribution >= 4 is 46.2 Å². The molecule has 61 heavy (non-hydrogen) atoms. The molecule has 302 valence electrons. The predicted octanol–water partition coefficient (Wildman–Crippen LogP) is 9.47. The molecule has 2 aliphatic heterocycles. The number of carbonyl (C=O) groups is 2. The standard InChI is InChI=1S/C49H35N5O6.Ni/c1-59-48(55)44(49(56)60-2)43-45-41(31-19-11-5-12-20-31)37-27-25-35(51-37)39(29-15-7-3-8-16-29)33-23-24-34(50-33)40(30-17-9-4-10-18-30)36-26-28-38(52-36)42(32-21-13-6-14-22-32)46(53-45)47(43)54(57)58;/h3-28,43-44,47H,1-2H3;/q-2;+2/t43-,47+;/m1./s1. The van der Waals surface area contributed by atoms with Gasteiger partial charge in [-0.2, -0.15) is 0 Å². The molecule has 11 nitrogen and oxygen atoms in total. The van der Waals surface area contributed by atoms with Crippen LogP contribution in [0.5, 0.6) is 0 Å². The second-order valence-electron chi connectivity index (χ2n) is 14.3. The van der Waals surface area contributed by atoms with Crippen LogP contribution in [0.3, 0.4) is 0 Å². The predicted molar refractivity (Wildman–Crippen MR) is 230 cm³/mol. The molecular formula is C49H35N5NiO6. The first kappa shape index (κ1) is 40.4. The summed E-state index contributed by atoms with van der Waals surface area (Å²) in [5, 5.41) is 13.8. The average Bonchev–Trinajstić information content (AvgIpc) is 4.12. The summed E-state index contributed by atoms with van der Waals surface area (Å²) in [7, 11) is 2.26. The monoisotopic (exact) mass is 847 g/mol. The number of esters is 2. The summed E-state index contributed by atoms with van der Waals surface area (Å²) >= 11 is 0.